The smallest absolute Gasteiger partial charge is 0.278 e. The molecule has 2 aliphatic rings. The van der Waals surface area contributed by atoms with Gasteiger partial charge in [0.2, 0.25) is 0 Å². The number of benzene rings is 1. The Morgan fingerprint density at radius 3 is 2.52 bits per heavy atom. The van der Waals surface area contributed by atoms with Crippen LogP contribution in [-0.2, 0) is 0 Å². The van der Waals surface area contributed by atoms with Crippen molar-refractivity contribution in [2.75, 3.05) is 13.7 Å². The number of hydrogen-bond acceptors (Lipinski definition) is 4. The predicted octanol–water partition coefficient (Wildman–Crippen LogP) is 3.68. The summed E-state index contributed by atoms with van der Waals surface area (Å²) in [6, 6.07) is 11.2. The van der Waals surface area contributed by atoms with Gasteiger partial charge in [-0.3, -0.25) is 4.79 Å². The first-order valence-electron chi connectivity index (χ1n) is 10.3. The second-order valence-corrected chi connectivity index (χ2v) is 8.51. The minimum Gasteiger partial charge on any atom is -0.489 e. The fourth-order valence-corrected chi connectivity index (χ4v) is 4.26. The van der Waals surface area contributed by atoms with E-state index < -0.39 is 0 Å². The lowest BCUT2D eigenvalue weighted by Crippen LogP contribution is -2.48. The van der Waals surface area contributed by atoms with Gasteiger partial charge in [0.15, 0.2) is 11.4 Å². The highest BCUT2D eigenvalue weighted by molar-refractivity contribution is 5.95. The highest BCUT2D eigenvalue weighted by Crippen LogP contribution is 2.31. The van der Waals surface area contributed by atoms with Gasteiger partial charge in [0.05, 0.1) is 18.5 Å². The van der Waals surface area contributed by atoms with Crippen molar-refractivity contribution >= 4 is 18.3 Å². The van der Waals surface area contributed by atoms with E-state index in [0.29, 0.717) is 36.1 Å². The van der Waals surface area contributed by atoms with Crippen LogP contribution in [0.1, 0.15) is 50.0 Å². The molecule has 29 heavy (non-hydrogen) atoms. The average molecular weight is 419 g/mol. The Labute approximate surface area is 179 Å². The molecule has 158 valence electrons. The van der Waals surface area contributed by atoms with Gasteiger partial charge in [-0.15, -0.1) is 12.4 Å². The van der Waals surface area contributed by atoms with Crippen molar-refractivity contribution in [2.45, 2.75) is 57.7 Å². The fourth-order valence-electron chi connectivity index (χ4n) is 4.26. The van der Waals surface area contributed by atoms with Crippen LogP contribution in [0, 0.1) is 5.92 Å². The van der Waals surface area contributed by atoms with E-state index in [4.69, 9.17) is 4.74 Å². The van der Waals surface area contributed by atoms with E-state index in [1.807, 2.05) is 48.5 Å². The summed E-state index contributed by atoms with van der Waals surface area (Å²) in [6.45, 7) is 4.75. The first kappa shape index (κ1) is 21.7. The first-order valence-corrected chi connectivity index (χ1v) is 10.3. The average Bonchev–Trinajstić information content (AvgIpc) is 3.28. The zero-order valence-corrected chi connectivity index (χ0v) is 18.2. The van der Waals surface area contributed by atoms with E-state index in [2.05, 4.69) is 24.3 Å². The van der Waals surface area contributed by atoms with E-state index >= 15 is 0 Å². The molecule has 2 bridgehead atoms. The molecular weight excluding hydrogens is 388 g/mol. The largest absolute Gasteiger partial charge is 0.489 e. The molecule has 2 unspecified atom stereocenters. The number of piperidine rings is 1. The van der Waals surface area contributed by atoms with Gasteiger partial charge in [-0.25, -0.2) is 4.68 Å². The third-order valence-corrected chi connectivity index (χ3v) is 5.79. The van der Waals surface area contributed by atoms with E-state index in [-0.39, 0.29) is 24.4 Å². The SMILES string of the molecule is CC(C)COc1cn(-c2ccccc2)nc1C(=O)N(C)C1CC2CCC(C1)N2.Cl. The number of fused-ring (bicyclic) bond motifs is 2. The Morgan fingerprint density at radius 2 is 1.90 bits per heavy atom. The predicted molar refractivity (Wildman–Crippen MR) is 116 cm³/mol. The summed E-state index contributed by atoms with van der Waals surface area (Å²) < 4.78 is 7.71. The quantitative estimate of drug-likeness (QED) is 0.777. The molecule has 2 atom stereocenters. The van der Waals surface area contributed by atoms with Crippen LogP contribution in [0.5, 0.6) is 5.75 Å². The van der Waals surface area contributed by atoms with E-state index in [9.17, 15) is 4.79 Å². The number of rotatable bonds is 6. The monoisotopic (exact) mass is 418 g/mol. The van der Waals surface area contributed by atoms with Crippen molar-refractivity contribution < 1.29 is 9.53 Å². The summed E-state index contributed by atoms with van der Waals surface area (Å²) in [5.74, 6) is 0.881. The minimum absolute atomic E-state index is 0. The van der Waals surface area contributed by atoms with E-state index in [0.717, 1.165) is 18.5 Å². The molecule has 0 aliphatic carbocycles. The Hall–Kier alpha value is -2.05. The van der Waals surface area contributed by atoms with Crippen molar-refractivity contribution in [1.29, 1.82) is 0 Å². The van der Waals surface area contributed by atoms with Crippen LogP contribution < -0.4 is 10.1 Å². The van der Waals surface area contributed by atoms with Gasteiger partial charge < -0.3 is 15.0 Å². The van der Waals surface area contributed by atoms with Gasteiger partial charge in [-0.1, -0.05) is 32.0 Å². The molecule has 2 saturated heterocycles. The molecule has 1 N–H and O–H groups in total. The lowest BCUT2D eigenvalue weighted by Gasteiger charge is -2.35. The topological polar surface area (TPSA) is 59.4 Å². The third kappa shape index (κ3) is 4.75. The van der Waals surface area contributed by atoms with Gasteiger partial charge in [-0.05, 0) is 43.7 Å². The third-order valence-electron chi connectivity index (χ3n) is 5.79. The lowest BCUT2D eigenvalue weighted by molar-refractivity contribution is 0.0670. The van der Waals surface area contributed by atoms with Crippen LogP contribution >= 0.6 is 12.4 Å². The van der Waals surface area contributed by atoms with Crippen molar-refractivity contribution in [3.05, 3.63) is 42.2 Å². The minimum atomic E-state index is -0.0558. The van der Waals surface area contributed by atoms with Crippen LogP contribution in [0.25, 0.3) is 5.69 Å². The van der Waals surface area contributed by atoms with Crippen LogP contribution in [0.15, 0.2) is 36.5 Å². The first-order chi connectivity index (χ1) is 13.5. The second kappa shape index (κ2) is 9.18. The summed E-state index contributed by atoms with van der Waals surface area (Å²) in [4.78, 5) is 15.2. The Balaban J connectivity index is 0.00000240. The fraction of sp³-hybridized carbons (Fsp3) is 0.545. The number of para-hydroxylation sites is 1. The summed E-state index contributed by atoms with van der Waals surface area (Å²) >= 11 is 0. The van der Waals surface area contributed by atoms with Crippen molar-refractivity contribution in [3.8, 4) is 11.4 Å². The number of amides is 1. The Morgan fingerprint density at radius 1 is 1.24 bits per heavy atom. The molecule has 0 radical (unpaired) electrons. The van der Waals surface area contributed by atoms with Gasteiger partial charge >= 0.3 is 0 Å². The van der Waals surface area contributed by atoms with Gasteiger partial charge in [0.25, 0.3) is 5.91 Å². The van der Waals surface area contributed by atoms with Crippen LogP contribution in [0.2, 0.25) is 0 Å². The van der Waals surface area contributed by atoms with Gasteiger partial charge in [0, 0.05) is 25.2 Å². The highest BCUT2D eigenvalue weighted by Gasteiger charge is 2.37. The summed E-state index contributed by atoms with van der Waals surface area (Å²) in [7, 11) is 1.91. The summed E-state index contributed by atoms with van der Waals surface area (Å²) in [6.07, 6.45) is 6.29. The number of halogens is 1. The molecule has 1 aromatic carbocycles. The van der Waals surface area contributed by atoms with Crippen molar-refractivity contribution in [2.24, 2.45) is 5.92 Å². The van der Waals surface area contributed by atoms with Crippen molar-refractivity contribution in [1.82, 2.24) is 20.0 Å². The standard InChI is InChI=1S/C22H30N4O2.ClH/c1-15(2)14-28-20-13-26(18-7-5-4-6-8-18)24-21(20)22(27)25(3)19-11-16-9-10-17(12-19)23-16;/h4-8,13,15-17,19,23H,9-12,14H2,1-3H3;1H. The second-order valence-electron chi connectivity index (χ2n) is 8.51. The normalized spacial score (nSPS) is 23.0. The maximum atomic E-state index is 13.3. The molecule has 0 spiro atoms. The number of aromatic nitrogens is 2. The van der Waals surface area contributed by atoms with Crippen LogP contribution in [0.3, 0.4) is 0 Å². The molecule has 6 nitrogen and oxygen atoms in total. The Bertz CT molecular complexity index is 811. The van der Waals surface area contributed by atoms with Crippen molar-refractivity contribution in [3.63, 3.8) is 0 Å². The molecule has 0 saturated carbocycles. The number of nitrogens with zero attached hydrogens (tertiary/aromatic N) is 3. The molecular formula is C22H31ClN4O2. The Kier molecular flexibility index (Phi) is 6.85. The van der Waals surface area contributed by atoms with E-state index in [1.165, 1.54) is 12.8 Å². The maximum absolute atomic E-state index is 13.3. The summed E-state index contributed by atoms with van der Waals surface area (Å²) in [5.41, 5.74) is 1.32. The number of nitrogens with one attached hydrogen (secondary N) is 1. The zero-order chi connectivity index (χ0) is 19.7. The number of carbonyl (C=O) groups is 1. The number of hydrogen-bond donors (Lipinski definition) is 1. The highest BCUT2D eigenvalue weighted by atomic mass is 35.5. The van der Waals surface area contributed by atoms with E-state index in [1.54, 1.807) is 4.68 Å². The molecule has 1 aromatic heterocycles. The molecule has 1 amide bonds. The van der Waals surface area contributed by atoms with Crippen LogP contribution in [0.4, 0.5) is 0 Å². The maximum Gasteiger partial charge on any atom is 0.278 e. The molecule has 2 aromatic rings. The number of carbonyl (C=O) groups excluding carboxylic acids is 1. The van der Waals surface area contributed by atoms with Gasteiger partial charge in [0.1, 0.15) is 0 Å². The number of ether oxygens (including phenoxy) is 1. The molecule has 4 rings (SSSR count). The molecule has 2 fully saturated rings. The molecule has 7 heteroatoms. The molecule has 3 heterocycles. The summed E-state index contributed by atoms with van der Waals surface area (Å²) in [5, 5.41) is 8.25. The molecule has 2 aliphatic heterocycles. The zero-order valence-electron chi connectivity index (χ0n) is 17.4. The van der Waals surface area contributed by atoms with Gasteiger partial charge in [-0.2, -0.15) is 5.10 Å². The lowest BCUT2D eigenvalue weighted by atomic mass is 9.98. The van der Waals surface area contributed by atoms with Crippen LogP contribution in [-0.4, -0.2) is 52.4 Å².